The molecule has 288 valence electrons. The summed E-state index contributed by atoms with van der Waals surface area (Å²) in [7, 11) is 0. The van der Waals surface area contributed by atoms with Crippen LogP contribution in [-0.4, -0.2) is 24.1 Å². The summed E-state index contributed by atoms with van der Waals surface area (Å²) in [5.41, 5.74) is 9.78. The van der Waals surface area contributed by atoms with Crippen LogP contribution in [0.25, 0.3) is 121 Å². The summed E-state index contributed by atoms with van der Waals surface area (Å²) in [6.45, 7) is 0. The van der Waals surface area contributed by atoms with Crippen molar-refractivity contribution in [1.29, 1.82) is 0 Å². The van der Waals surface area contributed by atoms with Crippen LogP contribution >= 0.6 is 0 Å². The van der Waals surface area contributed by atoms with E-state index in [0.717, 1.165) is 49.9 Å². The quantitative estimate of drug-likeness (QED) is 0.174. The lowest BCUT2D eigenvalue weighted by Gasteiger charge is -2.16. The minimum Gasteiger partial charge on any atom is -0.309 e. The number of benzene rings is 10. The van der Waals surface area contributed by atoms with Crippen molar-refractivity contribution in [2.75, 3.05) is 0 Å². The Balaban J connectivity index is 1.07. The molecule has 0 atom stereocenters. The van der Waals surface area contributed by atoms with Gasteiger partial charge in [-0.25, -0.2) is 15.0 Å². The molecule has 13 rings (SSSR count). The molecule has 5 nitrogen and oxygen atoms in total. The second-order valence-electron chi connectivity index (χ2n) is 16.0. The van der Waals surface area contributed by atoms with E-state index in [1.165, 1.54) is 54.1 Å². The van der Waals surface area contributed by atoms with Gasteiger partial charge in [-0.05, 0) is 70.1 Å². The molecule has 0 bridgehead atoms. The maximum atomic E-state index is 5.14. The first-order valence-corrected chi connectivity index (χ1v) is 21.0. The minimum absolute atomic E-state index is 0.636. The van der Waals surface area contributed by atoms with Crippen molar-refractivity contribution < 1.29 is 0 Å². The van der Waals surface area contributed by atoms with Gasteiger partial charge in [0.15, 0.2) is 17.5 Å². The molecule has 13 aromatic rings. The lowest BCUT2D eigenvalue weighted by Crippen LogP contribution is -2.02. The summed E-state index contributed by atoms with van der Waals surface area (Å²) in [5.74, 6) is 1.92. The number of fused-ring (bicyclic) bond motifs is 10. The summed E-state index contributed by atoms with van der Waals surface area (Å²) in [6, 6.07) is 75.8. The highest BCUT2D eigenvalue weighted by Gasteiger charge is 2.21. The first-order valence-electron chi connectivity index (χ1n) is 21.0. The average molecular weight is 790 g/mol. The molecule has 10 aromatic carbocycles. The molecule has 3 aromatic heterocycles. The molecule has 0 fully saturated rings. The predicted octanol–water partition coefficient (Wildman–Crippen LogP) is 14.5. The molecule has 0 saturated heterocycles. The van der Waals surface area contributed by atoms with Crippen LogP contribution in [0, 0.1) is 0 Å². The van der Waals surface area contributed by atoms with Gasteiger partial charge in [0.25, 0.3) is 0 Å². The van der Waals surface area contributed by atoms with Crippen molar-refractivity contribution in [2.45, 2.75) is 0 Å². The number of rotatable bonds is 5. The van der Waals surface area contributed by atoms with E-state index in [0.29, 0.717) is 17.5 Å². The van der Waals surface area contributed by atoms with E-state index in [9.17, 15) is 0 Å². The Morgan fingerprint density at radius 3 is 1.56 bits per heavy atom. The molecule has 62 heavy (non-hydrogen) atoms. The fourth-order valence-electron chi connectivity index (χ4n) is 9.78. The van der Waals surface area contributed by atoms with Gasteiger partial charge in [0.1, 0.15) is 0 Å². The Bertz CT molecular complexity index is 3860. The first-order chi connectivity index (χ1) is 30.8. The van der Waals surface area contributed by atoms with Crippen molar-refractivity contribution in [3.63, 3.8) is 0 Å². The Labute approximate surface area is 356 Å². The van der Waals surface area contributed by atoms with Crippen LogP contribution in [0.5, 0.6) is 0 Å². The number of hydrogen-bond donors (Lipinski definition) is 0. The molecule has 0 aliphatic heterocycles. The molecule has 0 aliphatic rings. The normalized spacial score (nSPS) is 11.9. The van der Waals surface area contributed by atoms with Gasteiger partial charge in [-0.3, -0.25) is 0 Å². The number of para-hydroxylation sites is 2. The molecule has 3 heterocycles. The Kier molecular flexibility index (Phi) is 7.54. The fraction of sp³-hybridized carbons (Fsp3) is 0. The minimum atomic E-state index is 0.636. The standard InChI is InChI=1S/C57H35N5/c1-3-17-37(18-4-1)55-58-56(38-19-5-2-6-20-38)60-57(59-55)44-31-33-51(42-24-10-9-23-41(42)44)62-48-27-13-11-25-43(48)47-34-39-21-15-29-50(46(39)35-53(47)62)61-49-28-14-12-26-45(49)54-40-22-8-7-16-36(40)30-32-52(54)61/h1-35H. The highest BCUT2D eigenvalue weighted by atomic mass is 15.0. The van der Waals surface area contributed by atoms with E-state index in [1.807, 2.05) is 36.4 Å². The third-order valence-corrected chi connectivity index (χ3v) is 12.5. The van der Waals surface area contributed by atoms with Crippen LogP contribution in [-0.2, 0) is 0 Å². The van der Waals surface area contributed by atoms with Crippen molar-refractivity contribution in [3.05, 3.63) is 212 Å². The molecular formula is C57H35N5. The van der Waals surface area contributed by atoms with Crippen LogP contribution in [0.2, 0.25) is 0 Å². The summed E-state index contributed by atoms with van der Waals surface area (Å²) in [6.07, 6.45) is 0. The van der Waals surface area contributed by atoms with E-state index in [2.05, 4.69) is 185 Å². The SMILES string of the molecule is c1ccc(-c2nc(-c3ccccc3)nc(-c3ccc(-n4c5ccccc5c5cc6cccc(-n7c8ccccc8c8c9ccccc9ccc87)c6cc54)c4ccccc34)n2)cc1. The summed E-state index contributed by atoms with van der Waals surface area (Å²) in [5, 5.41) is 12.0. The third kappa shape index (κ3) is 5.18. The lowest BCUT2D eigenvalue weighted by molar-refractivity contribution is 1.08. The van der Waals surface area contributed by atoms with Crippen molar-refractivity contribution in [3.8, 4) is 45.5 Å². The van der Waals surface area contributed by atoms with Crippen LogP contribution < -0.4 is 0 Å². The third-order valence-electron chi connectivity index (χ3n) is 12.5. The number of hydrogen-bond acceptors (Lipinski definition) is 3. The molecular weight excluding hydrogens is 755 g/mol. The van der Waals surface area contributed by atoms with Gasteiger partial charge in [0.2, 0.25) is 0 Å². The molecule has 0 N–H and O–H groups in total. The Morgan fingerprint density at radius 2 is 0.823 bits per heavy atom. The van der Waals surface area contributed by atoms with Crippen LogP contribution in [0.4, 0.5) is 0 Å². The second kappa shape index (κ2) is 13.6. The molecule has 0 radical (unpaired) electrons. The van der Waals surface area contributed by atoms with Crippen molar-refractivity contribution in [1.82, 2.24) is 24.1 Å². The molecule has 0 spiro atoms. The van der Waals surface area contributed by atoms with Gasteiger partial charge < -0.3 is 9.13 Å². The number of aromatic nitrogens is 5. The number of nitrogens with zero attached hydrogens (tertiary/aromatic N) is 5. The van der Waals surface area contributed by atoms with Gasteiger partial charge in [0, 0.05) is 49.0 Å². The topological polar surface area (TPSA) is 48.5 Å². The molecule has 5 heteroatoms. The highest BCUT2D eigenvalue weighted by Crippen LogP contribution is 2.42. The van der Waals surface area contributed by atoms with Crippen LogP contribution in [0.1, 0.15) is 0 Å². The molecule has 0 aliphatic carbocycles. The largest absolute Gasteiger partial charge is 0.309 e. The molecule has 0 unspecified atom stereocenters. The summed E-state index contributed by atoms with van der Waals surface area (Å²) < 4.78 is 4.91. The zero-order valence-corrected chi connectivity index (χ0v) is 33.4. The lowest BCUT2D eigenvalue weighted by atomic mass is 10.0. The second-order valence-corrected chi connectivity index (χ2v) is 16.0. The van der Waals surface area contributed by atoms with E-state index < -0.39 is 0 Å². The maximum absolute atomic E-state index is 5.14. The van der Waals surface area contributed by atoms with Gasteiger partial charge in [-0.1, -0.05) is 164 Å². The Morgan fingerprint density at radius 1 is 0.274 bits per heavy atom. The monoisotopic (exact) mass is 789 g/mol. The van der Waals surface area contributed by atoms with Crippen molar-refractivity contribution in [2.24, 2.45) is 0 Å². The predicted molar refractivity (Wildman–Crippen MR) is 257 cm³/mol. The summed E-state index contributed by atoms with van der Waals surface area (Å²) in [4.78, 5) is 15.3. The first kappa shape index (κ1) is 34.5. The summed E-state index contributed by atoms with van der Waals surface area (Å²) >= 11 is 0. The van der Waals surface area contributed by atoms with Gasteiger partial charge in [0.05, 0.1) is 33.4 Å². The van der Waals surface area contributed by atoms with Gasteiger partial charge in [-0.15, -0.1) is 0 Å². The zero-order valence-electron chi connectivity index (χ0n) is 33.4. The average Bonchev–Trinajstić information content (AvgIpc) is 3.85. The molecule has 0 amide bonds. The molecule has 0 saturated carbocycles. The smallest absolute Gasteiger partial charge is 0.164 e. The van der Waals surface area contributed by atoms with Crippen LogP contribution in [0.15, 0.2) is 212 Å². The van der Waals surface area contributed by atoms with Crippen molar-refractivity contribution >= 4 is 75.9 Å². The van der Waals surface area contributed by atoms with E-state index in [1.54, 1.807) is 0 Å². The van der Waals surface area contributed by atoms with Crippen LogP contribution in [0.3, 0.4) is 0 Å². The van der Waals surface area contributed by atoms with Gasteiger partial charge >= 0.3 is 0 Å². The Hall–Kier alpha value is -8.41. The fourth-order valence-corrected chi connectivity index (χ4v) is 9.78. The zero-order chi connectivity index (χ0) is 40.7. The maximum Gasteiger partial charge on any atom is 0.164 e. The van der Waals surface area contributed by atoms with E-state index in [4.69, 9.17) is 15.0 Å². The highest BCUT2D eigenvalue weighted by molar-refractivity contribution is 6.22. The van der Waals surface area contributed by atoms with E-state index >= 15 is 0 Å². The van der Waals surface area contributed by atoms with Gasteiger partial charge in [-0.2, -0.15) is 0 Å². The van der Waals surface area contributed by atoms with E-state index in [-0.39, 0.29) is 0 Å².